The molecule has 1 saturated carbocycles. The van der Waals surface area contributed by atoms with Crippen molar-refractivity contribution in [3.63, 3.8) is 0 Å². The van der Waals surface area contributed by atoms with Crippen LogP contribution >= 0.6 is 0 Å². The largest absolute Gasteiger partial charge is 0.352 e. The Morgan fingerprint density at radius 1 is 1.17 bits per heavy atom. The van der Waals surface area contributed by atoms with Crippen molar-refractivity contribution in [1.82, 2.24) is 10.0 Å². The van der Waals surface area contributed by atoms with Crippen molar-refractivity contribution in [2.45, 2.75) is 62.9 Å². The lowest BCUT2D eigenvalue weighted by atomic mass is 9.94. The van der Waals surface area contributed by atoms with E-state index in [1.165, 1.54) is 24.6 Å². The maximum absolute atomic E-state index is 13.8. The van der Waals surface area contributed by atoms with E-state index in [4.69, 9.17) is 0 Å². The van der Waals surface area contributed by atoms with Gasteiger partial charge in [-0.25, -0.2) is 12.8 Å². The second kappa shape index (κ2) is 8.07. The Bertz CT molecular complexity index is 670. The third-order valence-electron chi connectivity index (χ3n) is 4.31. The molecule has 134 valence electrons. The minimum Gasteiger partial charge on any atom is -0.352 e. The Morgan fingerprint density at radius 2 is 1.79 bits per heavy atom. The fraction of sp³-hybridized carbons (Fsp3) is 0.588. The number of halogens is 1. The minimum atomic E-state index is -4.11. The highest BCUT2D eigenvalue weighted by Gasteiger charge is 2.31. The second-order valence-corrected chi connectivity index (χ2v) is 8.30. The molecule has 0 saturated heterocycles. The molecule has 5 nitrogen and oxygen atoms in total. The van der Waals surface area contributed by atoms with Gasteiger partial charge in [-0.2, -0.15) is 4.72 Å². The topological polar surface area (TPSA) is 75.3 Å². The zero-order valence-electron chi connectivity index (χ0n) is 14.1. The number of sulfonamides is 1. The van der Waals surface area contributed by atoms with E-state index >= 15 is 0 Å². The Labute approximate surface area is 143 Å². The molecular formula is C17H25FN2O3S. The number of carbonyl (C=O) groups is 1. The van der Waals surface area contributed by atoms with Crippen LogP contribution in [0.3, 0.4) is 0 Å². The van der Waals surface area contributed by atoms with Gasteiger partial charge in [0.2, 0.25) is 15.9 Å². The number of amides is 1. The molecule has 1 fully saturated rings. The molecule has 1 amide bonds. The Morgan fingerprint density at radius 3 is 2.38 bits per heavy atom. The van der Waals surface area contributed by atoms with E-state index in [1.54, 1.807) is 13.8 Å². The van der Waals surface area contributed by atoms with E-state index in [0.717, 1.165) is 31.7 Å². The van der Waals surface area contributed by atoms with Gasteiger partial charge in [0.05, 0.1) is 0 Å². The van der Waals surface area contributed by atoms with Crippen molar-refractivity contribution in [1.29, 1.82) is 0 Å². The van der Waals surface area contributed by atoms with Gasteiger partial charge in [-0.1, -0.05) is 45.2 Å². The van der Waals surface area contributed by atoms with E-state index in [-0.39, 0.29) is 17.9 Å². The van der Waals surface area contributed by atoms with Crippen LogP contribution in [0.1, 0.15) is 46.0 Å². The normalized spacial score (nSPS) is 17.7. The van der Waals surface area contributed by atoms with Crippen molar-refractivity contribution in [2.24, 2.45) is 5.92 Å². The van der Waals surface area contributed by atoms with Crippen LogP contribution in [0.25, 0.3) is 0 Å². The van der Waals surface area contributed by atoms with Crippen LogP contribution in [-0.2, 0) is 14.8 Å². The first-order valence-electron chi connectivity index (χ1n) is 8.38. The molecule has 24 heavy (non-hydrogen) atoms. The maximum atomic E-state index is 13.8. The summed E-state index contributed by atoms with van der Waals surface area (Å²) in [6.45, 7) is 3.52. The predicted molar refractivity (Wildman–Crippen MR) is 90.4 cm³/mol. The summed E-state index contributed by atoms with van der Waals surface area (Å²) in [6.07, 6.45) is 5.13. The van der Waals surface area contributed by atoms with Gasteiger partial charge >= 0.3 is 0 Å². The number of carbonyl (C=O) groups excluding carboxylic acids is 1. The summed E-state index contributed by atoms with van der Waals surface area (Å²) in [7, 11) is -4.11. The minimum absolute atomic E-state index is 0.0884. The van der Waals surface area contributed by atoms with E-state index in [9.17, 15) is 17.6 Å². The molecule has 0 bridgehead atoms. The highest BCUT2D eigenvalue weighted by atomic mass is 32.2. The molecule has 0 heterocycles. The van der Waals surface area contributed by atoms with Crippen LogP contribution in [0.5, 0.6) is 0 Å². The highest BCUT2D eigenvalue weighted by molar-refractivity contribution is 7.89. The first-order valence-corrected chi connectivity index (χ1v) is 9.87. The van der Waals surface area contributed by atoms with Gasteiger partial charge in [-0.05, 0) is 30.9 Å². The summed E-state index contributed by atoms with van der Waals surface area (Å²) >= 11 is 0. The summed E-state index contributed by atoms with van der Waals surface area (Å²) in [5, 5.41) is 2.93. The lowest BCUT2D eigenvalue weighted by Gasteiger charge is -2.27. The van der Waals surface area contributed by atoms with Crippen molar-refractivity contribution in [3.05, 3.63) is 30.1 Å². The van der Waals surface area contributed by atoms with Crippen molar-refractivity contribution in [3.8, 4) is 0 Å². The first kappa shape index (κ1) is 18.9. The zero-order valence-corrected chi connectivity index (χ0v) is 14.9. The fourth-order valence-corrected chi connectivity index (χ4v) is 4.35. The number of benzene rings is 1. The maximum Gasteiger partial charge on any atom is 0.244 e. The molecule has 1 aromatic carbocycles. The van der Waals surface area contributed by atoms with E-state index < -0.39 is 26.8 Å². The van der Waals surface area contributed by atoms with Gasteiger partial charge < -0.3 is 5.32 Å². The van der Waals surface area contributed by atoms with Crippen molar-refractivity contribution < 1.29 is 17.6 Å². The van der Waals surface area contributed by atoms with E-state index in [1.807, 2.05) is 0 Å². The standard InChI is InChI=1S/C17H25FN2O3S/c1-12(2)16(17(21)19-13-8-4-3-5-9-13)20-24(22,23)15-11-7-6-10-14(15)18/h6-7,10-13,16,20H,3-5,8-9H2,1-2H3,(H,19,21). The van der Waals surface area contributed by atoms with Gasteiger partial charge in [-0.3, -0.25) is 4.79 Å². The van der Waals surface area contributed by atoms with Gasteiger partial charge in [-0.15, -0.1) is 0 Å². The van der Waals surface area contributed by atoms with E-state index in [2.05, 4.69) is 10.0 Å². The summed E-state index contributed by atoms with van der Waals surface area (Å²) in [6, 6.07) is 4.30. The third-order valence-corrected chi connectivity index (χ3v) is 5.78. The SMILES string of the molecule is CC(C)C(NS(=O)(=O)c1ccccc1F)C(=O)NC1CCCCC1. The van der Waals surface area contributed by atoms with Crippen LogP contribution in [0.4, 0.5) is 4.39 Å². The summed E-state index contributed by atoms with van der Waals surface area (Å²) in [4.78, 5) is 12.1. The Hall–Kier alpha value is -1.47. The zero-order chi connectivity index (χ0) is 17.7. The molecule has 1 unspecified atom stereocenters. The summed E-state index contributed by atoms with van der Waals surface area (Å²) in [5.41, 5.74) is 0. The van der Waals surface area contributed by atoms with Crippen LogP contribution < -0.4 is 10.0 Å². The molecule has 1 atom stereocenters. The van der Waals surface area contributed by atoms with Crippen LogP contribution in [0, 0.1) is 11.7 Å². The molecule has 2 N–H and O–H groups in total. The lowest BCUT2D eigenvalue weighted by molar-refractivity contribution is -0.124. The van der Waals surface area contributed by atoms with Crippen LogP contribution in [0.2, 0.25) is 0 Å². The predicted octanol–water partition coefficient (Wildman–Crippen LogP) is 2.58. The van der Waals surface area contributed by atoms with Gasteiger partial charge in [0.15, 0.2) is 0 Å². The molecular weight excluding hydrogens is 331 g/mol. The van der Waals surface area contributed by atoms with E-state index in [0.29, 0.717) is 0 Å². The average molecular weight is 356 g/mol. The molecule has 0 spiro atoms. The molecule has 0 aliphatic heterocycles. The molecule has 0 aromatic heterocycles. The monoisotopic (exact) mass is 356 g/mol. The number of nitrogens with one attached hydrogen (secondary N) is 2. The molecule has 2 rings (SSSR count). The van der Waals surface area contributed by atoms with Gasteiger partial charge in [0, 0.05) is 6.04 Å². The average Bonchev–Trinajstić information content (AvgIpc) is 2.53. The first-order chi connectivity index (χ1) is 11.3. The van der Waals surface area contributed by atoms with Crippen LogP contribution in [-0.4, -0.2) is 26.4 Å². The molecule has 7 heteroatoms. The molecule has 1 aliphatic rings. The summed E-state index contributed by atoms with van der Waals surface area (Å²) in [5.74, 6) is -1.44. The van der Waals surface area contributed by atoms with Crippen molar-refractivity contribution >= 4 is 15.9 Å². The second-order valence-electron chi connectivity index (χ2n) is 6.62. The van der Waals surface area contributed by atoms with Gasteiger partial charge in [0.1, 0.15) is 16.8 Å². The van der Waals surface area contributed by atoms with Gasteiger partial charge in [0.25, 0.3) is 0 Å². The molecule has 1 aromatic rings. The molecule has 1 aliphatic carbocycles. The number of hydrogen-bond acceptors (Lipinski definition) is 3. The van der Waals surface area contributed by atoms with Crippen LogP contribution in [0.15, 0.2) is 29.2 Å². The van der Waals surface area contributed by atoms with Crippen molar-refractivity contribution in [2.75, 3.05) is 0 Å². The fourth-order valence-electron chi connectivity index (χ4n) is 2.92. The smallest absolute Gasteiger partial charge is 0.244 e. The summed E-state index contributed by atoms with van der Waals surface area (Å²) < 4.78 is 41.0. The Balaban J connectivity index is 2.12. The quantitative estimate of drug-likeness (QED) is 0.823. The molecule has 0 radical (unpaired) electrons. The highest BCUT2D eigenvalue weighted by Crippen LogP contribution is 2.19. The lowest BCUT2D eigenvalue weighted by Crippen LogP contribution is -2.52. The third kappa shape index (κ3) is 4.77. The number of rotatable bonds is 6. The Kier molecular flexibility index (Phi) is 6.34. The number of hydrogen-bond donors (Lipinski definition) is 2.